The number of carbonyl (C=O) groups is 2. The largest absolute Gasteiger partial charge is 0.480 e. The van der Waals surface area contributed by atoms with Gasteiger partial charge in [0.2, 0.25) is 15.9 Å². The molecule has 1 aliphatic rings. The van der Waals surface area contributed by atoms with Crippen LogP contribution >= 0.6 is 0 Å². The van der Waals surface area contributed by atoms with E-state index >= 15 is 0 Å². The molecule has 17 heavy (non-hydrogen) atoms. The summed E-state index contributed by atoms with van der Waals surface area (Å²) in [6.45, 7) is 1.65. The molecule has 1 atom stereocenters. The van der Waals surface area contributed by atoms with Gasteiger partial charge in [-0.1, -0.05) is 6.92 Å². The molecule has 0 aromatic rings. The average Bonchev–Trinajstić information content (AvgIpc) is 2.54. The molecule has 0 spiro atoms. The molecule has 7 nitrogen and oxygen atoms in total. The van der Waals surface area contributed by atoms with E-state index in [2.05, 4.69) is 5.32 Å². The molecule has 1 heterocycles. The Labute approximate surface area is 99.8 Å². The molecule has 1 amide bonds. The minimum absolute atomic E-state index is 0.0520. The van der Waals surface area contributed by atoms with Crippen molar-refractivity contribution in [2.45, 2.75) is 25.8 Å². The van der Waals surface area contributed by atoms with E-state index in [1.54, 1.807) is 6.92 Å². The highest BCUT2D eigenvalue weighted by Crippen LogP contribution is 2.12. The SMILES string of the molecule is CCC(NC(=O)CN1CCCS1(=O)=O)C(=O)O. The van der Waals surface area contributed by atoms with Crippen molar-refractivity contribution in [3.63, 3.8) is 0 Å². The summed E-state index contributed by atoms with van der Waals surface area (Å²) in [6, 6.07) is -0.965. The standard InChI is InChI=1S/C9H16N2O5S/c1-2-7(9(13)14)10-8(12)6-11-4-3-5-17(11,15)16/h7H,2-6H2,1H3,(H,10,12)(H,13,14). The van der Waals surface area contributed by atoms with E-state index in [1.807, 2.05) is 0 Å². The Hall–Kier alpha value is -1.15. The molecule has 1 aliphatic heterocycles. The lowest BCUT2D eigenvalue weighted by atomic mass is 10.2. The van der Waals surface area contributed by atoms with E-state index in [1.165, 1.54) is 0 Å². The molecule has 0 saturated carbocycles. The Kier molecular flexibility index (Phi) is 4.47. The van der Waals surface area contributed by atoms with E-state index in [9.17, 15) is 18.0 Å². The van der Waals surface area contributed by atoms with E-state index in [0.717, 1.165) is 4.31 Å². The average molecular weight is 264 g/mol. The Morgan fingerprint density at radius 1 is 1.47 bits per heavy atom. The predicted molar refractivity (Wildman–Crippen MR) is 59.8 cm³/mol. The molecule has 2 N–H and O–H groups in total. The van der Waals surface area contributed by atoms with Crippen LogP contribution in [0.5, 0.6) is 0 Å². The van der Waals surface area contributed by atoms with Crippen LogP contribution in [-0.4, -0.2) is 54.6 Å². The van der Waals surface area contributed by atoms with Gasteiger partial charge in [0.25, 0.3) is 0 Å². The molecule has 8 heteroatoms. The van der Waals surface area contributed by atoms with Crippen molar-refractivity contribution < 1.29 is 23.1 Å². The van der Waals surface area contributed by atoms with Gasteiger partial charge in [0.1, 0.15) is 6.04 Å². The Balaban J connectivity index is 2.53. The van der Waals surface area contributed by atoms with E-state index < -0.39 is 27.9 Å². The molecular formula is C9H16N2O5S. The number of sulfonamides is 1. The fourth-order valence-electron chi connectivity index (χ4n) is 1.61. The van der Waals surface area contributed by atoms with E-state index in [-0.39, 0.29) is 18.7 Å². The zero-order valence-electron chi connectivity index (χ0n) is 9.55. The Morgan fingerprint density at radius 2 is 2.12 bits per heavy atom. The van der Waals surface area contributed by atoms with Gasteiger partial charge in [0, 0.05) is 6.54 Å². The maximum Gasteiger partial charge on any atom is 0.326 e. The third-order valence-corrected chi connectivity index (χ3v) is 4.47. The number of carbonyl (C=O) groups excluding carboxylic acids is 1. The number of nitrogens with zero attached hydrogens (tertiary/aromatic N) is 1. The van der Waals surface area contributed by atoms with Crippen molar-refractivity contribution in [1.82, 2.24) is 9.62 Å². The highest BCUT2D eigenvalue weighted by Gasteiger charge is 2.30. The van der Waals surface area contributed by atoms with Gasteiger partial charge in [-0.25, -0.2) is 13.2 Å². The van der Waals surface area contributed by atoms with Crippen molar-refractivity contribution in [2.75, 3.05) is 18.8 Å². The fraction of sp³-hybridized carbons (Fsp3) is 0.778. The molecular weight excluding hydrogens is 248 g/mol. The molecule has 1 fully saturated rings. The molecule has 0 aliphatic carbocycles. The molecule has 98 valence electrons. The van der Waals surface area contributed by atoms with Crippen molar-refractivity contribution in [3.8, 4) is 0 Å². The molecule has 1 rings (SSSR count). The number of aliphatic carboxylic acids is 1. The van der Waals surface area contributed by atoms with Gasteiger partial charge in [-0.05, 0) is 12.8 Å². The van der Waals surface area contributed by atoms with Gasteiger partial charge in [0.15, 0.2) is 0 Å². The van der Waals surface area contributed by atoms with Gasteiger partial charge in [-0.3, -0.25) is 4.79 Å². The van der Waals surface area contributed by atoms with Crippen LogP contribution in [0, 0.1) is 0 Å². The second-order valence-corrected chi connectivity index (χ2v) is 5.96. The second kappa shape index (κ2) is 5.46. The van der Waals surface area contributed by atoms with Gasteiger partial charge >= 0.3 is 5.97 Å². The number of carboxylic acids is 1. The molecule has 1 unspecified atom stereocenters. The second-order valence-electron chi connectivity index (χ2n) is 3.87. The summed E-state index contributed by atoms with van der Waals surface area (Å²) in [5.41, 5.74) is 0. The molecule has 1 saturated heterocycles. The maximum absolute atomic E-state index is 11.5. The molecule has 0 aromatic carbocycles. The number of carboxylic acid groups (broad SMARTS) is 1. The summed E-state index contributed by atoms with van der Waals surface area (Å²) in [5, 5.41) is 11.0. The first kappa shape index (κ1) is 13.9. The first-order valence-electron chi connectivity index (χ1n) is 5.37. The minimum atomic E-state index is -3.32. The van der Waals surface area contributed by atoms with Crippen LogP contribution in [0.1, 0.15) is 19.8 Å². The minimum Gasteiger partial charge on any atom is -0.480 e. The van der Waals surface area contributed by atoms with Crippen LogP contribution < -0.4 is 5.32 Å². The lowest BCUT2D eigenvalue weighted by molar-refractivity contribution is -0.141. The summed E-state index contributed by atoms with van der Waals surface area (Å²) in [7, 11) is -3.32. The van der Waals surface area contributed by atoms with Crippen molar-refractivity contribution in [2.24, 2.45) is 0 Å². The fourth-order valence-corrected chi connectivity index (χ4v) is 3.08. The molecule has 0 aromatic heterocycles. The number of rotatable bonds is 5. The summed E-state index contributed by atoms with van der Waals surface area (Å²) in [5.74, 6) is -1.65. The van der Waals surface area contributed by atoms with Crippen LogP contribution in [0.2, 0.25) is 0 Å². The van der Waals surface area contributed by atoms with Crippen LogP contribution in [0.25, 0.3) is 0 Å². The van der Waals surface area contributed by atoms with Gasteiger partial charge < -0.3 is 10.4 Å². The first-order chi connectivity index (χ1) is 7.86. The molecule has 0 bridgehead atoms. The van der Waals surface area contributed by atoms with Crippen LogP contribution in [0.15, 0.2) is 0 Å². The lowest BCUT2D eigenvalue weighted by Gasteiger charge is -2.16. The van der Waals surface area contributed by atoms with Crippen molar-refractivity contribution in [3.05, 3.63) is 0 Å². The smallest absolute Gasteiger partial charge is 0.326 e. The quantitative estimate of drug-likeness (QED) is 0.663. The van der Waals surface area contributed by atoms with Crippen LogP contribution in [-0.2, 0) is 19.6 Å². The monoisotopic (exact) mass is 264 g/mol. The number of hydrogen-bond donors (Lipinski definition) is 2. The third kappa shape index (κ3) is 3.67. The Morgan fingerprint density at radius 3 is 2.53 bits per heavy atom. The summed E-state index contributed by atoms with van der Waals surface area (Å²) in [6.07, 6.45) is 0.763. The zero-order valence-corrected chi connectivity index (χ0v) is 10.4. The first-order valence-corrected chi connectivity index (χ1v) is 6.97. The highest BCUT2D eigenvalue weighted by atomic mass is 32.2. The normalized spacial score (nSPS) is 21.0. The lowest BCUT2D eigenvalue weighted by Crippen LogP contribution is -2.45. The highest BCUT2D eigenvalue weighted by molar-refractivity contribution is 7.89. The number of nitrogens with one attached hydrogen (secondary N) is 1. The van der Waals surface area contributed by atoms with Gasteiger partial charge in [-0.15, -0.1) is 0 Å². The molecule has 0 radical (unpaired) electrons. The van der Waals surface area contributed by atoms with Gasteiger partial charge in [0.05, 0.1) is 12.3 Å². The number of hydrogen-bond acceptors (Lipinski definition) is 4. The van der Waals surface area contributed by atoms with Crippen molar-refractivity contribution in [1.29, 1.82) is 0 Å². The summed E-state index contributed by atoms with van der Waals surface area (Å²) in [4.78, 5) is 22.2. The van der Waals surface area contributed by atoms with E-state index in [4.69, 9.17) is 5.11 Å². The topological polar surface area (TPSA) is 104 Å². The number of amides is 1. The van der Waals surface area contributed by atoms with Crippen molar-refractivity contribution >= 4 is 21.9 Å². The zero-order chi connectivity index (χ0) is 13.1. The van der Waals surface area contributed by atoms with Crippen LogP contribution in [0.3, 0.4) is 0 Å². The summed E-state index contributed by atoms with van der Waals surface area (Å²) >= 11 is 0. The van der Waals surface area contributed by atoms with Crippen LogP contribution in [0.4, 0.5) is 0 Å². The van der Waals surface area contributed by atoms with Gasteiger partial charge in [-0.2, -0.15) is 4.31 Å². The predicted octanol–water partition coefficient (Wildman–Crippen LogP) is -0.999. The van der Waals surface area contributed by atoms with E-state index in [0.29, 0.717) is 13.0 Å². The maximum atomic E-state index is 11.5. The third-order valence-electron chi connectivity index (χ3n) is 2.56. The Bertz CT molecular complexity index is 406. The summed E-state index contributed by atoms with van der Waals surface area (Å²) < 4.78 is 23.9.